The highest BCUT2D eigenvalue weighted by Crippen LogP contribution is 2.09. The largest absolute Gasteiger partial charge is 0.634 e. The first kappa shape index (κ1) is 10.2. The summed E-state index contributed by atoms with van der Waals surface area (Å²) in [4.78, 5) is 0. The van der Waals surface area contributed by atoms with Crippen LogP contribution in [0.2, 0.25) is 0 Å². The van der Waals surface area contributed by atoms with Crippen molar-refractivity contribution >= 4 is 7.32 Å². The molecule has 0 aliphatic heterocycles. The van der Waals surface area contributed by atoms with E-state index < -0.39 is 7.32 Å². The van der Waals surface area contributed by atoms with E-state index in [2.05, 4.69) is 4.65 Å². The Hall–Kier alpha value is -0.905. The summed E-state index contributed by atoms with van der Waals surface area (Å²) in [6, 6.07) is 4.39. The Morgan fingerprint density at radius 3 is 2.62 bits per heavy atom. The molecule has 3 nitrogen and oxygen atoms in total. The van der Waals surface area contributed by atoms with Crippen LogP contribution in [0.25, 0.3) is 0 Å². The number of hydrogen-bond donors (Lipinski definition) is 2. The van der Waals surface area contributed by atoms with Crippen molar-refractivity contribution in [3.8, 4) is 0 Å². The minimum absolute atomic E-state index is 0.0176. The third-order valence-electron chi connectivity index (χ3n) is 1.50. The number of rotatable bonds is 3. The molecule has 0 atom stereocenters. The fraction of sp³-hybridized carbons (Fsp3) is 0.250. The maximum absolute atomic E-state index is 12.8. The third kappa shape index (κ3) is 3.54. The minimum Gasteiger partial charge on any atom is -0.402 e. The minimum atomic E-state index is -1.82. The molecule has 0 spiro atoms. The lowest BCUT2D eigenvalue weighted by molar-refractivity contribution is 0.176. The Kier molecular flexibility index (Phi) is 3.42. The first-order valence-corrected chi connectivity index (χ1v) is 3.82. The normalized spacial score (nSPS) is 10.2. The van der Waals surface area contributed by atoms with Crippen LogP contribution in [-0.2, 0) is 11.3 Å². The van der Waals surface area contributed by atoms with Gasteiger partial charge in [-0.05, 0) is 30.2 Å². The maximum atomic E-state index is 12.8. The molecule has 0 aromatic heterocycles. The first-order chi connectivity index (χ1) is 6.08. The first-order valence-electron chi connectivity index (χ1n) is 3.82. The molecule has 5 heteroatoms. The van der Waals surface area contributed by atoms with Gasteiger partial charge in [-0.2, -0.15) is 0 Å². The molecule has 0 saturated carbocycles. The molecule has 0 radical (unpaired) electrons. The van der Waals surface area contributed by atoms with E-state index in [1.165, 1.54) is 12.1 Å². The van der Waals surface area contributed by atoms with Crippen LogP contribution in [0.15, 0.2) is 18.2 Å². The zero-order valence-corrected chi connectivity index (χ0v) is 7.20. The Bertz CT molecular complexity index is 270. The average molecular weight is 184 g/mol. The van der Waals surface area contributed by atoms with Crippen LogP contribution >= 0.6 is 0 Å². The number of halogens is 1. The molecule has 13 heavy (non-hydrogen) atoms. The van der Waals surface area contributed by atoms with Crippen molar-refractivity contribution in [1.82, 2.24) is 0 Å². The molecule has 1 aromatic rings. The Morgan fingerprint density at radius 1 is 1.38 bits per heavy atom. The summed E-state index contributed by atoms with van der Waals surface area (Å²) in [5.41, 5.74) is 1.34. The van der Waals surface area contributed by atoms with E-state index in [0.29, 0.717) is 5.56 Å². The van der Waals surface area contributed by atoms with Crippen LogP contribution in [-0.4, -0.2) is 17.4 Å². The van der Waals surface area contributed by atoms with Crippen molar-refractivity contribution in [1.29, 1.82) is 0 Å². The molecule has 2 N–H and O–H groups in total. The summed E-state index contributed by atoms with van der Waals surface area (Å²) in [6.07, 6.45) is 0. The summed E-state index contributed by atoms with van der Waals surface area (Å²) in [6.45, 7) is 1.73. The summed E-state index contributed by atoms with van der Waals surface area (Å²) in [5, 5.41) is 16.8. The van der Waals surface area contributed by atoms with Gasteiger partial charge in [-0.3, -0.25) is 0 Å². The summed E-state index contributed by atoms with van der Waals surface area (Å²) in [7, 11) is -1.82. The average Bonchev–Trinajstić information content (AvgIpc) is 1.99. The number of benzene rings is 1. The molecular weight excluding hydrogens is 174 g/mol. The highest BCUT2D eigenvalue weighted by atomic mass is 19.1. The van der Waals surface area contributed by atoms with Gasteiger partial charge in [0.05, 0.1) is 6.61 Å². The summed E-state index contributed by atoms with van der Waals surface area (Å²) >= 11 is 0. The standard InChI is InChI=1S/C8H10BFO3/c1-6-2-7(4-8(10)3-6)5-13-9(11)12/h2-4,11-12H,5H2,1H3. The number of aryl methyl sites for hydroxylation is 1. The van der Waals surface area contributed by atoms with Crippen molar-refractivity contribution < 1.29 is 19.1 Å². The van der Waals surface area contributed by atoms with E-state index in [0.717, 1.165) is 5.56 Å². The Balaban J connectivity index is 2.66. The summed E-state index contributed by atoms with van der Waals surface area (Å²) < 4.78 is 17.3. The fourth-order valence-corrected chi connectivity index (χ4v) is 1.07. The van der Waals surface area contributed by atoms with Gasteiger partial charge in [-0.15, -0.1) is 0 Å². The quantitative estimate of drug-likeness (QED) is 0.677. The van der Waals surface area contributed by atoms with Crippen molar-refractivity contribution in [2.24, 2.45) is 0 Å². The van der Waals surface area contributed by atoms with E-state index >= 15 is 0 Å². The van der Waals surface area contributed by atoms with Gasteiger partial charge in [0, 0.05) is 0 Å². The van der Waals surface area contributed by atoms with E-state index in [-0.39, 0.29) is 12.4 Å². The highest BCUT2D eigenvalue weighted by Gasteiger charge is 2.08. The molecule has 0 amide bonds. The van der Waals surface area contributed by atoms with Crippen LogP contribution in [0.4, 0.5) is 4.39 Å². The van der Waals surface area contributed by atoms with Gasteiger partial charge in [0.25, 0.3) is 0 Å². The van der Waals surface area contributed by atoms with Crippen molar-refractivity contribution in [2.75, 3.05) is 0 Å². The van der Waals surface area contributed by atoms with Crippen molar-refractivity contribution in [2.45, 2.75) is 13.5 Å². The molecule has 70 valence electrons. The van der Waals surface area contributed by atoms with Gasteiger partial charge in [-0.1, -0.05) is 6.07 Å². The van der Waals surface area contributed by atoms with E-state index in [1.807, 2.05) is 0 Å². The second kappa shape index (κ2) is 4.36. The predicted molar refractivity (Wildman–Crippen MR) is 46.1 cm³/mol. The lowest BCUT2D eigenvalue weighted by Crippen LogP contribution is -2.16. The van der Waals surface area contributed by atoms with Crippen LogP contribution in [0.1, 0.15) is 11.1 Å². The fourth-order valence-electron chi connectivity index (χ4n) is 1.07. The Morgan fingerprint density at radius 2 is 2.08 bits per heavy atom. The van der Waals surface area contributed by atoms with Gasteiger partial charge in [0.1, 0.15) is 5.82 Å². The van der Waals surface area contributed by atoms with Crippen molar-refractivity contribution in [3.63, 3.8) is 0 Å². The van der Waals surface area contributed by atoms with Crippen LogP contribution < -0.4 is 0 Å². The van der Waals surface area contributed by atoms with Gasteiger partial charge in [0.15, 0.2) is 0 Å². The number of hydrogen-bond acceptors (Lipinski definition) is 3. The molecule has 0 heterocycles. The predicted octanol–water partition coefficient (Wildman–Crippen LogP) is 0.620. The molecule has 0 fully saturated rings. The van der Waals surface area contributed by atoms with Gasteiger partial charge < -0.3 is 14.7 Å². The van der Waals surface area contributed by atoms with Crippen LogP contribution in [0, 0.1) is 12.7 Å². The third-order valence-corrected chi connectivity index (χ3v) is 1.50. The zero-order chi connectivity index (χ0) is 9.84. The lowest BCUT2D eigenvalue weighted by Gasteiger charge is -2.04. The maximum Gasteiger partial charge on any atom is 0.634 e. The molecular formula is C8H10BFO3. The second-order valence-electron chi connectivity index (χ2n) is 2.77. The van der Waals surface area contributed by atoms with E-state index in [9.17, 15) is 4.39 Å². The van der Waals surface area contributed by atoms with Gasteiger partial charge in [0.2, 0.25) is 0 Å². The van der Waals surface area contributed by atoms with Crippen molar-refractivity contribution in [3.05, 3.63) is 35.1 Å². The molecule has 0 aliphatic carbocycles. The van der Waals surface area contributed by atoms with Crippen LogP contribution in [0.5, 0.6) is 0 Å². The SMILES string of the molecule is Cc1cc(F)cc(COB(O)O)c1. The van der Waals surface area contributed by atoms with Gasteiger partial charge in [-0.25, -0.2) is 4.39 Å². The van der Waals surface area contributed by atoms with Gasteiger partial charge >= 0.3 is 7.32 Å². The molecule has 1 aromatic carbocycles. The molecule has 0 saturated heterocycles. The zero-order valence-electron chi connectivity index (χ0n) is 7.20. The highest BCUT2D eigenvalue weighted by molar-refractivity contribution is 6.32. The smallest absolute Gasteiger partial charge is 0.402 e. The monoisotopic (exact) mass is 184 g/mol. The molecule has 0 bridgehead atoms. The Labute approximate surface area is 76.0 Å². The second-order valence-corrected chi connectivity index (χ2v) is 2.77. The molecule has 0 unspecified atom stereocenters. The topological polar surface area (TPSA) is 49.7 Å². The van der Waals surface area contributed by atoms with Crippen LogP contribution in [0.3, 0.4) is 0 Å². The summed E-state index contributed by atoms with van der Waals surface area (Å²) in [5.74, 6) is -0.356. The lowest BCUT2D eigenvalue weighted by atomic mass is 10.1. The van der Waals surface area contributed by atoms with E-state index in [1.54, 1.807) is 13.0 Å². The molecule has 1 rings (SSSR count). The van der Waals surface area contributed by atoms with E-state index in [4.69, 9.17) is 10.0 Å². The molecule has 0 aliphatic rings.